The van der Waals surface area contributed by atoms with E-state index in [2.05, 4.69) is 61.6 Å². The van der Waals surface area contributed by atoms with E-state index in [1.54, 1.807) is 0 Å². The zero-order chi connectivity index (χ0) is 13.6. The Morgan fingerprint density at radius 3 is 2.85 bits per heavy atom. The highest BCUT2D eigenvalue weighted by molar-refractivity contribution is 5.78. The van der Waals surface area contributed by atoms with Gasteiger partial charge in [0.15, 0.2) is 0 Å². The number of benzene rings is 1. The van der Waals surface area contributed by atoms with Crippen LogP contribution in [0.2, 0.25) is 0 Å². The molecule has 1 nitrogen and oxygen atoms in total. The predicted molar refractivity (Wildman–Crippen MR) is 82.0 cm³/mol. The van der Waals surface area contributed by atoms with E-state index < -0.39 is 0 Å². The number of fused-ring (bicyclic) bond motifs is 2. The number of allylic oxidation sites excluding steroid dienone is 4. The molecule has 1 aromatic rings. The highest BCUT2D eigenvalue weighted by Gasteiger charge is 2.42. The molecule has 1 aliphatic heterocycles. The van der Waals surface area contributed by atoms with Gasteiger partial charge in [0.25, 0.3) is 0 Å². The van der Waals surface area contributed by atoms with E-state index in [9.17, 15) is 0 Å². The van der Waals surface area contributed by atoms with Gasteiger partial charge in [-0.15, -0.1) is 0 Å². The maximum Gasteiger partial charge on any atom is 0.135 e. The van der Waals surface area contributed by atoms with Crippen LogP contribution in [-0.2, 0) is 4.74 Å². The summed E-state index contributed by atoms with van der Waals surface area (Å²) in [6.45, 7) is 2.21. The molecule has 1 aromatic carbocycles. The summed E-state index contributed by atoms with van der Waals surface area (Å²) >= 11 is 0. The number of rotatable bonds is 1. The lowest BCUT2D eigenvalue weighted by Gasteiger charge is -2.29. The first-order valence-electron chi connectivity index (χ1n) is 7.33. The summed E-state index contributed by atoms with van der Waals surface area (Å²) in [4.78, 5) is 0. The fourth-order valence-corrected chi connectivity index (χ4v) is 3.36. The Bertz CT molecular complexity index is 673. The van der Waals surface area contributed by atoms with E-state index in [0.29, 0.717) is 0 Å². The molecule has 0 saturated carbocycles. The molecule has 0 saturated heterocycles. The average molecular weight is 262 g/mol. The van der Waals surface area contributed by atoms with Crippen molar-refractivity contribution < 1.29 is 4.74 Å². The Kier molecular flexibility index (Phi) is 2.50. The lowest BCUT2D eigenvalue weighted by atomic mass is 9.80. The molecule has 0 aromatic heterocycles. The molecule has 20 heavy (non-hydrogen) atoms. The van der Waals surface area contributed by atoms with Crippen LogP contribution in [0.4, 0.5) is 0 Å². The zero-order valence-electron chi connectivity index (χ0n) is 11.7. The molecule has 0 bridgehead atoms. The SMILES string of the molecule is CC12CC=C(c3ccccc3)C=C1C1=C(C=CCC1)O2. The van der Waals surface area contributed by atoms with E-state index in [-0.39, 0.29) is 5.60 Å². The van der Waals surface area contributed by atoms with Crippen molar-refractivity contribution in [1.29, 1.82) is 0 Å². The molecular formula is C19H18O. The molecule has 1 heterocycles. The molecule has 1 heteroatoms. The van der Waals surface area contributed by atoms with Gasteiger partial charge in [0, 0.05) is 17.6 Å². The lowest BCUT2D eigenvalue weighted by Crippen LogP contribution is -2.27. The van der Waals surface area contributed by atoms with Crippen molar-refractivity contribution in [1.82, 2.24) is 0 Å². The second-order valence-corrected chi connectivity index (χ2v) is 5.90. The molecule has 0 N–H and O–H groups in total. The summed E-state index contributed by atoms with van der Waals surface area (Å²) < 4.78 is 6.22. The van der Waals surface area contributed by atoms with E-state index >= 15 is 0 Å². The van der Waals surface area contributed by atoms with Crippen molar-refractivity contribution in [2.45, 2.75) is 31.8 Å². The van der Waals surface area contributed by atoms with Crippen LogP contribution >= 0.6 is 0 Å². The lowest BCUT2D eigenvalue weighted by molar-refractivity contribution is 0.0805. The third-order valence-electron chi connectivity index (χ3n) is 4.48. The summed E-state index contributed by atoms with van der Waals surface area (Å²) in [5.41, 5.74) is 5.26. The van der Waals surface area contributed by atoms with Crippen LogP contribution in [0.5, 0.6) is 0 Å². The van der Waals surface area contributed by atoms with E-state index in [1.165, 1.54) is 22.3 Å². The third-order valence-corrected chi connectivity index (χ3v) is 4.48. The molecule has 4 rings (SSSR count). The van der Waals surface area contributed by atoms with Crippen molar-refractivity contribution in [3.8, 4) is 0 Å². The second-order valence-electron chi connectivity index (χ2n) is 5.90. The van der Waals surface area contributed by atoms with Crippen molar-refractivity contribution in [3.05, 3.63) is 77.1 Å². The first-order valence-corrected chi connectivity index (χ1v) is 7.33. The van der Waals surface area contributed by atoms with E-state index in [4.69, 9.17) is 4.74 Å². The van der Waals surface area contributed by atoms with Crippen molar-refractivity contribution in [3.63, 3.8) is 0 Å². The van der Waals surface area contributed by atoms with Crippen LogP contribution in [0.3, 0.4) is 0 Å². The highest BCUT2D eigenvalue weighted by Crippen LogP contribution is 2.48. The Labute approximate surface area is 120 Å². The molecule has 0 radical (unpaired) electrons. The molecule has 100 valence electrons. The summed E-state index contributed by atoms with van der Waals surface area (Å²) in [5, 5.41) is 0. The van der Waals surface area contributed by atoms with Gasteiger partial charge in [-0.2, -0.15) is 0 Å². The first kappa shape index (κ1) is 11.8. The molecule has 3 aliphatic rings. The van der Waals surface area contributed by atoms with E-state index in [0.717, 1.165) is 25.0 Å². The minimum atomic E-state index is -0.155. The number of ether oxygens (including phenoxy) is 1. The fraction of sp³-hybridized carbons (Fsp3) is 0.263. The minimum absolute atomic E-state index is 0.155. The van der Waals surface area contributed by atoms with Gasteiger partial charge in [-0.25, -0.2) is 0 Å². The van der Waals surface area contributed by atoms with Crippen LogP contribution < -0.4 is 0 Å². The Hall–Kier alpha value is -2.02. The summed E-state index contributed by atoms with van der Waals surface area (Å²) in [6, 6.07) is 10.6. The van der Waals surface area contributed by atoms with Crippen molar-refractivity contribution in [2.24, 2.45) is 0 Å². The summed E-state index contributed by atoms with van der Waals surface area (Å²) in [6.07, 6.45) is 12.2. The van der Waals surface area contributed by atoms with Gasteiger partial charge in [0.1, 0.15) is 11.4 Å². The van der Waals surface area contributed by atoms with Gasteiger partial charge in [0.05, 0.1) is 0 Å². The van der Waals surface area contributed by atoms with Gasteiger partial charge >= 0.3 is 0 Å². The molecule has 0 fully saturated rings. The van der Waals surface area contributed by atoms with Crippen molar-refractivity contribution >= 4 is 5.57 Å². The number of hydrogen-bond acceptors (Lipinski definition) is 1. The maximum atomic E-state index is 6.22. The third kappa shape index (κ3) is 1.70. The predicted octanol–water partition coefficient (Wildman–Crippen LogP) is 4.79. The van der Waals surface area contributed by atoms with Gasteiger partial charge in [-0.05, 0) is 43.1 Å². The number of hydrogen-bond donors (Lipinski definition) is 0. The van der Waals surface area contributed by atoms with Gasteiger partial charge in [-0.3, -0.25) is 0 Å². The Morgan fingerprint density at radius 1 is 1.15 bits per heavy atom. The normalized spacial score (nSPS) is 27.4. The fourth-order valence-electron chi connectivity index (χ4n) is 3.36. The molecule has 1 atom stereocenters. The summed E-state index contributed by atoms with van der Waals surface area (Å²) in [7, 11) is 0. The quantitative estimate of drug-likeness (QED) is 0.707. The minimum Gasteiger partial charge on any atom is -0.482 e. The van der Waals surface area contributed by atoms with Gasteiger partial charge in [0.2, 0.25) is 0 Å². The van der Waals surface area contributed by atoms with Gasteiger partial charge < -0.3 is 4.74 Å². The zero-order valence-corrected chi connectivity index (χ0v) is 11.7. The molecule has 0 spiro atoms. The Balaban J connectivity index is 1.79. The monoisotopic (exact) mass is 262 g/mol. The Morgan fingerprint density at radius 2 is 2.00 bits per heavy atom. The first-order chi connectivity index (χ1) is 9.76. The summed E-state index contributed by atoms with van der Waals surface area (Å²) in [5.74, 6) is 1.09. The smallest absolute Gasteiger partial charge is 0.135 e. The highest BCUT2D eigenvalue weighted by atomic mass is 16.5. The molecule has 1 unspecified atom stereocenters. The molecule has 2 aliphatic carbocycles. The van der Waals surface area contributed by atoms with E-state index in [1.807, 2.05) is 0 Å². The van der Waals surface area contributed by atoms with Gasteiger partial charge in [-0.1, -0.05) is 42.5 Å². The average Bonchev–Trinajstić information content (AvgIpc) is 2.79. The largest absolute Gasteiger partial charge is 0.482 e. The molecule has 0 amide bonds. The van der Waals surface area contributed by atoms with Crippen LogP contribution in [-0.4, -0.2) is 5.60 Å². The van der Waals surface area contributed by atoms with Crippen LogP contribution in [0.25, 0.3) is 5.57 Å². The molecular weight excluding hydrogens is 244 g/mol. The van der Waals surface area contributed by atoms with Crippen molar-refractivity contribution in [2.75, 3.05) is 0 Å². The topological polar surface area (TPSA) is 9.23 Å². The van der Waals surface area contributed by atoms with Crippen LogP contribution in [0, 0.1) is 0 Å². The maximum absolute atomic E-state index is 6.22. The van der Waals surface area contributed by atoms with Crippen LogP contribution in [0.1, 0.15) is 31.7 Å². The van der Waals surface area contributed by atoms with Crippen LogP contribution in [0.15, 0.2) is 71.5 Å². The standard InChI is InChI=1S/C19H18O/c1-19-12-11-15(14-7-3-2-4-8-14)13-17(19)16-9-5-6-10-18(16)20-19/h2-4,6-8,10-11,13H,5,9,12H2,1H3. The second kappa shape index (κ2) is 4.24.